The van der Waals surface area contributed by atoms with Crippen molar-refractivity contribution >= 4 is 50.2 Å². The fraction of sp³-hybridized carbons (Fsp3) is 0.412. The Labute approximate surface area is 167 Å². The van der Waals surface area contributed by atoms with Gasteiger partial charge in [-0.15, -0.1) is 11.3 Å². The maximum absolute atomic E-state index is 12.8. The van der Waals surface area contributed by atoms with Crippen LogP contribution in [0.3, 0.4) is 0 Å². The first kappa shape index (κ1) is 19.8. The van der Waals surface area contributed by atoms with E-state index in [0.717, 1.165) is 47.5 Å². The number of anilines is 1. The van der Waals surface area contributed by atoms with Crippen LogP contribution in [0.2, 0.25) is 8.67 Å². The van der Waals surface area contributed by atoms with Crippen molar-refractivity contribution in [1.29, 1.82) is 0 Å². The molecule has 0 aliphatic heterocycles. The van der Waals surface area contributed by atoms with Gasteiger partial charge in [0.25, 0.3) is 10.0 Å². The van der Waals surface area contributed by atoms with Crippen LogP contribution in [0.5, 0.6) is 5.75 Å². The van der Waals surface area contributed by atoms with E-state index in [1.165, 1.54) is 6.07 Å². The first-order chi connectivity index (χ1) is 12.2. The number of ether oxygens (including phenoxy) is 1. The zero-order chi connectivity index (χ0) is 19.1. The number of rotatable bonds is 5. The van der Waals surface area contributed by atoms with Crippen LogP contribution in [0.25, 0.3) is 0 Å². The number of likely N-dealkylation sites (N-methyl/N-ethyl adjacent to an activating group) is 1. The van der Waals surface area contributed by atoms with Crippen molar-refractivity contribution in [2.75, 3.05) is 25.9 Å². The average Bonchev–Trinajstić information content (AvgIpc) is 2.93. The molecule has 0 bridgehead atoms. The highest BCUT2D eigenvalue weighted by Gasteiger charge is 2.28. The molecule has 0 saturated carbocycles. The summed E-state index contributed by atoms with van der Waals surface area (Å²) >= 11 is 13.0. The second-order valence-electron chi connectivity index (χ2n) is 6.43. The van der Waals surface area contributed by atoms with E-state index in [9.17, 15) is 8.42 Å². The lowest BCUT2D eigenvalue weighted by molar-refractivity contribution is 0.265. The summed E-state index contributed by atoms with van der Waals surface area (Å²) in [6, 6.07) is 5.31. The van der Waals surface area contributed by atoms with E-state index in [1.54, 1.807) is 19.2 Å². The number of nitrogens with zero attached hydrogens (tertiary/aromatic N) is 1. The van der Waals surface area contributed by atoms with Gasteiger partial charge in [-0.25, -0.2) is 8.42 Å². The summed E-state index contributed by atoms with van der Waals surface area (Å²) in [5.74, 6) is 0.783. The van der Waals surface area contributed by atoms with Crippen molar-refractivity contribution in [3.63, 3.8) is 0 Å². The van der Waals surface area contributed by atoms with E-state index >= 15 is 0 Å². The first-order valence-electron chi connectivity index (χ1n) is 8.05. The van der Waals surface area contributed by atoms with E-state index in [1.807, 2.05) is 0 Å². The molecule has 1 heterocycles. The fourth-order valence-corrected chi connectivity index (χ4v) is 6.51. The predicted octanol–water partition coefficient (Wildman–Crippen LogP) is 4.28. The van der Waals surface area contributed by atoms with Gasteiger partial charge >= 0.3 is 0 Å². The number of thiophene rings is 1. The van der Waals surface area contributed by atoms with Crippen LogP contribution in [0.4, 0.5) is 5.69 Å². The number of fused-ring (bicyclic) bond motifs is 1. The molecule has 1 aromatic carbocycles. The molecule has 0 saturated heterocycles. The lowest BCUT2D eigenvalue weighted by Gasteiger charge is -2.32. The van der Waals surface area contributed by atoms with Crippen LogP contribution in [0.15, 0.2) is 23.1 Å². The lowest BCUT2D eigenvalue weighted by atomic mass is 9.86. The lowest BCUT2D eigenvalue weighted by Crippen LogP contribution is -2.34. The Bertz CT molecular complexity index is 926. The van der Waals surface area contributed by atoms with Crippen LogP contribution in [-0.2, 0) is 22.9 Å². The van der Waals surface area contributed by atoms with Gasteiger partial charge in [0, 0.05) is 11.6 Å². The van der Waals surface area contributed by atoms with E-state index in [-0.39, 0.29) is 9.23 Å². The molecular weight excluding hydrogens is 415 g/mol. The molecule has 1 aromatic heterocycles. The maximum Gasteiger partial charge on any atom is 0.264 e. The van der Waals surface area contributed by atoms with E-state index in [0.29, 0.717) is 16.1 Å². The van der Waals surface area contributed by atoms with Crippen LogP contribution in [-0.4, -0.2) is 40.6 Å². The Kier molecular flexibility index (Phi) is 5.75. The van der Waals surface area contributed by atoms with Gasteiger partial charge in [-0.1, -0.05) is 23.2 Å². The smallest absolute Gasteiger partial charge is 0.264 e. The van der Waals surface area contributed by atoms with Gasteiger partial charge in [0.15, 0.2) is 0 Å². The summed E-state index contributed by atoms with van der Waals surface area (Å²) in [5.41, 5.74) is 2.59. The topological polar surface area (TPSA) is 58.6 Å². The largest absolute Gasteiger partial charge is 0.496 e. The first-order valence-corrected chi connectivity index (χ1v) is 11.1. The van der Waals surface area contributed by atoms with Gasteiger partial charge in [0.2, 0.25) is 0 Å². The maximum atomic E-state index is 12.8. The monoisotopic (exact) mass is 434 g/mol. The molecule has 1 aliphatic carbocycles. The second-order valence-corrected chi connectivity index (χ2v) is 10.4. The number of sulfonamides is 1. The highest BCUT2D eigenvalue weighted by atomic mass is 35.5. The van der Waals surface area contributed by atoms with Gasteiger partial charge in [-0.05, 0) is 57.1 Å². The molecule has 0 unspecified atom stereocenters. The molecule has 142 valence electrons. The summed E-state index contributed by atoms with van der Waals surface area (Å²) in [7, 11) is 1.92. The van der Waals surface area contributed by atoms with Crippen molar-refractivity contribution in [1.82, 2.24) is 4.90 Å². The standard InChI is InChI=1S/C17H20Cl2N2O3S2/c1-21(2)10-4-5-11-12(8-10)14(24-3)7-6-13(11)20-26(22,23)15-9-16(18)25-17(15)19/h6-7,9-10,20H,4-5,8H2,1-3H3/t10-/m0/s1. The van der Waals surface area contributed by atoms with E-state index in [2.05, 4.69) is 23.7 Å². The number of hydrogen-bond acceptors (Lipinski definition) is 5. The molecule has 9 heteroatoms. The number of nitrogens with one attached hydrogen (secondary N) is 1. The van der Waals surface area contributed by atoms with Crippen molar-refractivity contribution in [3.8, 4) is 5.75 Å². The molecule has 5 nitrogen and oxygen atoms in total. The molecule has 0 spiro atoms. The molecule has 0 amide bonds. The number of benzene rings is 1. The van der Waals surface area contributed by atoms with Crippen molar-refractivity contribution in [3.05, 3.63) is 38.0 Å². The zero-order valence-electron chi connectivity index (χ0n) is 14.7. The number of methoxy groups -OCH3 is 1. The van der Waals surface area contributed by atoms with E-state index in [4.69, 9.17) is 27.9 Å². The molecule has 0 fully saturated rings. The minimum absolute atomic E-state index is 0.000659. The van der Waals surface area contributed by atoms with Crippen LogP contribution in [0, 0.1) is 0 Å². The molecule has 26 heavy (non-hydrogen) atoms. The molecule has 1 atom stereocenters. The third kappa shape index (κ3) is 3.82. The Balaban J connectivity index is 1.99. The quantitative estimate of drug-likeness (QED) is 0.762. The summed E-state index contributed by atoms with van der Waals surface area (Å²) in [6.07, 6.45) is 2.53. The van der Waals surface area contributed by atoms with Crippen LogP contribution >= 0.6 is 34.5 Å². The second kappa shape index (κ2) is 7.56. The van der Waals surface area contributed by atoms with Gasteiger partial charge < -0.3 is 9.64 Å². The van der Waals surface area contributed by atoms with E-state index < -0.39 is 10.0 Å². The zero-order valence-corrected chi connectivity index (χ0v) is 17.8. The summed E-state index contributed by atoms with van der Waals surface area (Å²) in [5, 5.41) is 0. The summed E-state index contributed by atoms with van der Waals surface area (Å²) in [6.45, 7) is 0. The normalized spacial score (nSPS) is 17.2. The minimum atomic E-state index is -3.81. The predicted molar refractivity (Wildman–Crippen MR) is 108 cm³/mol. The third-order valence-electron chi connectivity index (χ3n) is 4.66. The molecule has 1 N–H and O–H groups in total. The Morgan fingerprint density at radius 3 is 2.58 bits per heavy atom. The average molecular weight is 435 g/mol. The van der Waals surface area contributed by atoms with Gasteiger partial charge in [0.05, 0.1) is 17.1 Å². The minimum Gasteiger partial charge on any atom is -0.496 e. The van der Waals surface area contributed by atoms with Crippen molar-refractivity contribution in [2.24, 2.45) is 0 Å². The van der Waals surface area contributed by atoms with Gasteiger partial charge in [0.1, 0.15) is 15.0 Å². The molecule has 1 aliphatic rings. The van der Waals surface area contributed by atoms with Gasteiger partial charge in [-0.3, -0.25) is 4.72 Å². The Morgan fingerprint density at radius 2 is 2.00 bits per heavy atom. The highest BCUT2D eigenvalue weighted by molar-refractivity contribution is 7.93. The molecule has 3 rings (SSSR count). The third-order valence-corrected chi connectivity index (χ3v) is 7.78. The summed E-state index contributed by atoms with van der Waals surface area (Å²) < 4.78 is 34.2. The van der Waals surface area contributed by atoms with Crippen molar-refractivity contribution in [2.45, 2.75) is 30.2 Å². The molecule has 0 radical (unpaired) electrons. The van der Waals surface area contributed by atoms with Crippen LogP contribution < -0.4 is 9.46 Å². The molecule has 2 aromatic rings. The SMILES string of the molecule is COc1ccc(NS(=O)(=O)c2cc(Cl)sc2Cl)c2c1C[C@@H](N(C)C)CC2. The number of hydrogen-bond donors (Lipinski definition) is 1. The Morgan fingerprint density at radius 1 is 1.27 bits per heavy atom. The highest BCUT2D eigenvalue weighted by Crippen LogP contribution is 2.39. The molecular formula is C17H20Cl2N2O3S2. The fourth-order valence-electron chi connectivity index (χ4n) is 3.27. The Hall–Kier alpha value is -0.990. The van der Waals surface area contributed by atoms with Gasteiger partial charge in [-0.2, -0.15) is 0 Å². The summed E-state index contributed by atoms with van der Waals surface area (Å²) in [4.78, 5) is 2.19. The van der Waals surface area contributed by atoms with Crippen molar-refractivity contribution < 1.29 is 13.2 Å². The van der Waals surface area contributed by atoms with Crippen LogP contribution in [0.1, 0.15) is 17.5 Å². The number of halogens is 2.